The van der Waals surface area contributed by atoms with Crippen molar-refractivity contribution >= 4 is 17.4 Å². The zero-order valence-electron chi connectivity index (χ0n) is 14.7. The number of nitrogens with zero attached hydrogens (tertiary/aromatic N) is 3. The van der Waals surface area contributed by atoms with Gasteiger partial charge in [0.05, 0.1) is 11.6 Å². The van der Waals surface area contributed by atoms with E-state index < -0.39 is 0 Å². The van der Waals surface area contributed by atoms with Crippen molar-refractivity contribution in [2.24, 2.45) is 10.9 Å². The van der Waals surface area contributed by atoms with E-state index in [0.29, 0.717) is 11.8 Å². The lowest BCUT2D eigenvalue weighted by molar-refractivity contribution is 0.0697. The van der Waals surface area contributed by atoms with E-state index in [0.717, 1.165) is 23.8 Å². The fourth-order valence-electron chi connectivity index (χ4n) is 3.00. The number of aliphatic imine (C=N–C) groups is 1. The highest BCUT2D eigenvalue weighted by molar-refractivity contribution is 6.18. The van der Waals surface area contributed by atoms with Gasteiger partial charge in [0.2, 0.25) is 0 Å². The van der Waals surface area contributed by atoms with Gasteiger partial charge in [0.25, 0.3) is 0 Å². The van der Waals surface area contributed by atoms with Crippen LogP contribution < -0.4 is 4.84 Å². The molecule has 5 heteroatoms. The summed E-state index contributed by atoms with van der Waals surface area (Å²) in [5.74, 6) is 2.62. The van der Waals surface area contributed by atoms with Crippen LogP contribution in [0, 0.1) is 5.92 Å². The molecule has 0 N–H and O–H groups in total. The van der Waals surface area contributed by atoms with Crippen LogP contribution in [0.25, 0.3) is 0 Å². The number of alkyl halides is 1. The van der Waals surface area contributed by atoms with E-state index in [4.69, 9.17) is 21.4 Å². The standard InChI is InChI=1S/C19H24ClN3O/c1-13(2)11-22-17(10-20)21-19-18(22)15(4)14(3)12-23(19)24-16-8-6-5-7-9-16/h5-9,12-13,17H,10-11H2,1-4H3. The second kappa shape index (κ2) is 6.89. The Kier molecular flexibility index (Phi) is 4.86. The summed E-state index contributed by atoms with van der Waals surface area (Å²) in [4.78, 5) is 13.2. The van der Waals surface area contributed by atoms with E-state index in [9.17, 15) is 0 Å². The number of hydrogen-bond donors (Lipinski definition) is 0. The van der Waals surface area contributed by atoms with Gasteiger partial charge in [0.1, 0.15) is 6.17 Å². The van der Waals surface area contributed by atoms with E-state index in [1.54, 1.807) is 5.06 Å². The third-order valence-corrected chi connectivity index (χ3v) is 4.52. The van der Waals surface area contributed by atoms with Gasteiger partial charge in [-0.3, -0.25) is 0 Å². The molecular formula is C19H24ClN3O. The molecule has 4 nitrogen and oxygen atoms in total. The molecule has 0 spiro atoms. The van der Waals surface area contributed by atoms with Gasteiger partial charge in [-0.2, -0.15) is 5.06 Å². The van der Waals surface area contributed by atoms with Crippen LogP contribution in [0.1, 0.15) is 27.7 Å². The predicted molar refractivity (Wildman–Crippen MR) is 98.9 cm³/mol. The maximum atomic E-state index is 6.20. The largest absolute Gasteiger partial charge is 0.374 e. The molecule has 1 aromatic carbocycles. The summed E-state index contributed by atoms with van der Waals surface area (Å²) in [5, 5.41) is 1.77. The molecule has 0 aliphatic carbocycles. The van der Waals surface area contributed by atoms with Crippen LogP contribution in [0.3, 0.4) is 0 Å². The maximum Gasteiger partial charge on any atom is 0.190 e. The highest BCUT2D eigenvalue weighted by atomic mass is 35.5. The molecular weight excluding hydrogens is 322 g/mol. The Hall–Kier alpha value is -1.94. The molecule has 3 rings (SSSR count). The van der Waals surface area contributed by atoms with Crippen LogP contribution in [0.5, 0.6) is 5.75 Å². The monoisotopic (exact) mass is 345 g/mol. The number of allylic oxidation sites excluding steroid dienone is 2. The minimum absolute atomic E-state index is 0.0461. The summed E-state index contributed by atoms with van der Waals surface area (Å²) in [7, 11) is 0. The van der Waals surface area contributed by atoms with Crippen molar-refractivity contribution in [2.75, 3.05) is 12.4 Å². The van der Waals surface area contributed by atoms with Crippen LogP contribution in [0.15, 0.2) is 58.4 Å². The van der Waals surface area contributed by atoms with Gasteiger partial charge in [-0.25, -0.2) is 4.99 Å². The van der Waals surface area contributed by atoms with Crippen LogP contribution in [0.2, 0.25) is 0 Å². The molecule has 0 amide bonds. The number of rotatable bonds is 5. The number of halogens is 1. The van der Waals surface area contributed by atoms with Gasteiger partial charge in [-0.1, -0.05) is 32.0 Å². The highest BCUT2D eigenvalue weighted by Crippen LogP contribution is 2.34. The van der Waals surface area contributed by atoms with Crippen molar-refractivity contribution in [1.82, 2.24) is 9.96 Å². The molecule has 0 saturated carbocycles. The lowest BCUT2D eigenvalue weighted by Crippen LogP contribution is -2.39. The first-order chi connectivity index (χ1) is 11.5. The Balaban J connectivity index is 1.95. The summed E-state index contributed by atoms with van der Waals surface area (Å²) < 4.78 is 0. The second-order valence-corrected chi connectivity index (χ2v) is 6.96. The summed E-state index contributed by atoms with van der Waals surface area (Å²) in [6.07, 6.45) is 1.95. The van der Waals surface area contributed by atoms with Crippen molar-refractivity contribution in [3.05, 3.63) is 53.4 Å². The van der Waals surface area contributed by atoms with Gasteiger partial charge in [-0.15, -0.1) is 11.6 Å². The number of benzene rings is 1. The fourth-order valence-corrected chi connectivity index (χ4v) is 3.24. The average Bonchev–Trinajstić information content (AvgIpc) is 2.91. The van der Waals surface area contributed by atoms with Crippen LogP contribution in [-0.4, -0.2) is 34.4 Å². The van der Waals surface area contributed by atoms with Gasteiger partial charge >= 0.3 is 0 Å². The topological polar surface area (TPSA) is 28.1 Å². The Morgan fingerprint density at radius 2 is 1.92 bits per heavy atom. The number of hydrogen-bond acceptors (Lipinski definition) is 4. The number of fused-ring (bicyclic) bond motifs is 1. The SMILES string of the molecule is CC1=CN(Oc2ccccc2)C2=NC(CCl)N(CC(C)C)C2=C1C. The first-order valence-corrected chi connectivity index (χ1v) is 8.87. The normalized spacial score (nSPS) is 20.3. The van der Waals surface area contributed by atoms with Gasteiger partial charge in [0.15, 0.2) is 11.6 Å². The predicted octanol–water partition coefficient (Wildman–Crippen LogP) is 4.41. The van der Waals surface area contributed by atoms with E-state index in [1.807, 2.05) is 36.5 Å². The summed E-state index contributed by atoms with van der Waals surface area (Å²) in [6, 6.07) is 9.77. The molecule has 2 heterocycles. The molecule has 0 bridgehead atoms. The van der Waals surface area contributed by atoms with Crippen molar-refractivity contribution in [3.8, 4) is 5.75 Å². The Morgan fingerprint density at radius 1 is 1.21 bits per heavy atom. The Morgan fingerprint density at radius 3 is 2.54 bits per heavy atom. The number of hydroxylamine groups is 2. The maximum absolute atomic E-state index is 6.20. The number of para-hydroxylation sites is 1. The summed E-state index contributed by atoms with van der Waals surface area (Å²) >= 11 is 6.20. The van der Waals surface area contributed by atoms with Gasteiger partial charge in [-0.05, 0) is 43.0 Å². The number of amidine groups is 1. The molecule has 24 heavy (non-hydrogen) atoms. The van der Waals surface area contributed by atoms with Crippen LogP contribution in [-0.2, 0) is 0 Å². The lowest BCUT2D eigenvalue weighted by Gasteiger charge is -2.33. The summed E-state index contributed by atoms with van der Waals surface area (Å²) in [5.41, 5.74) is 3.53. The van der Waals surface area contributed by atoms with E-state index in [2.05, 4.69) is 32.6 Å². The van der Waals surface area contributed by atoms with Crippen molar-refractivity contribution in [2.45, 2.75) is 33.9 Å². The molecule has 2 aliphatic heterocycles. The van der Waals surface area contributed by atoms with E-state index in [1.165, 1.54) is 11.1 Å². The molecule has 1 unspecified atom stereocenters. The third kappa shape index (κ3) is 3.16. The first kappa shape index (κ1) is 16.9. The fraction of sp³-hybridized carbons (Fsp3) is 0.421. The molecule has 0 fully saturated rings. The van der Waals surface area contributed by atoms with Crippen LogP contribution in [0.4, 0.5) is 0 Å². The van der Waals surface area contributed by atoms with E-state index in [-0.39, 0.29) is 6.17 Å². The molecule has 0 aromatic heterocycles. The molecule has 2 aliphatic rings. The van der Waals surface area contributed by atoms with E-state index >= 15 is 0 Å². The Labute approximate surface area is 149 Å². The smallest absolute Gasteiger partial charge is 0.190 e. The second-order valence-electron chi connectivity index (χ2n) is 6.65. The Bertz CT molecular complexity index is 694. The molecule has 1 atom stereocenters. The zero-order valence-corrected chi connectivity index (χ0v) is 15.4. The molecule has 0 radical (unpaired) electrons. The molecule has 0 saturated heterocycles. The van der Waals surface area contributed by atoms with Crippen LogP contribution >= 0.6 is 11.6 Å². The zero-order chi connectivity index (χ0) is 17.3. The average molecular weight is 346 g/mol. The van der Waals surface area contributed by atoms with Gasteiger partial charge in [0, 0.05) is 12.7 Å². The van der Waals surface area contributed by atoms with Crippen molar-refractivity contribution < 1.29 is 4.84 Å². The third-order valence-electron chi connectivity index (χ3n) is 4.24. The minimum atomic E-state index is -0.0461. The minimum Gasteiger partial charge on any atom is -0.374 e. The van der Waals surface area contributed by atoms with Gasteiger partial charge < -0.3 is 9.74 Å². The van der Waals surface area contributed by atoms with Crippen molar-refractivity contribution in [3.63, 3.8) is 0 Å². The summed E-state index contributed by atoms with van der Waals surface area (Å²) in [6.45, 7) is 9.58. The quantitative estimate of drug-likeness (QED) is 0.740. The first-order valence-electron chi connectivity index (χ1n) is 8.34. The molecule has 128 valence electrons. The van der Waals surface area contributed by atoms with Crippen molar-refractivity contribution in [1.29, 1.82) is 0 Å². The highest BCUT2D eigenvalue weighted by Gasteiger charge is 2.37. The molecule has 1 aromatic rings. The lowest BCUT2D eigenvalue weighted by atomic mass is 10.0.